The van der Waals surface area contributed by atoms with Crippen LogP contribution in [0.25, 0.3) is 0 Å². The van der Waals surface area contributed by atoms with Gasteiger partial charge in [-0.05, 0) is 25.7 Å². The Morgan fingerprint density at radius 3 is 1.71 bits per heavy atom. The van der Waals surface area contributed by atoms with E-state index in [1.54, 1.807) is 6.92 Å². The van der Waals surface area contributed by atoms with Crippen LogP contribution in [0.5, 0.6) is 0 Å². The van der Waals surface area contributed by atoms with Crippen molar-refractivity contribution in [2.75, 3.05) is 0 Å². The van der Waals surface area contributed by atoms with E-state index in [-0.39, 0.29) is 5.41 Å². The number of rotatable bonds is 2. The molecule has 0 aromatic rings. The number of hydrogen-bond donors (Lipinski definition) is 0. The third-order valence-electron chi connectivity index (χ3n) is 3.55. The summed E-state index contributed by atoms with van der Waals surface area (Å²) in [5, 5.41) is 0. The fraction of sp³-hybridized carbons (Fsp3) is 0.923. The van der Waals surface area contributed by atoms with Crippen LogP contribution < -0.4 is 0 Å². The summed E-state index contributed by atoms with van der Waals surface area (Å²) in [5.74, 6) is 0.938. The number of carbonyl (C=O) groups is 1. The molecule has 14 heavy (non-hydrogen) atoms. The Balaban J connectivity index is 0.000000791. The highest BCUT2D eigenvalue weighted by Crippen LogP contribution is 2.42. The third kappa shape index (κ3) is 2.83. The van der Waals surface area contributed by atoms with Crippen LogP contribution in [0.15, 0.2) is 0 Å². The summed E-state index contributed by atoms with van der Waals surface area (Å²) >= 11 is 0. The summed E-state index contributed by atoms with van der Waals surface area (Å²) < 4.78 is 0. The second kappa shape index (κ2) is 6.21. The zero-order valence-electron chi connectivity index (χ0n) is 10.5. The van der Waals surface area contributed by atoms with Crippen molar-refractivity contribution in [2.45, 2.75) is 66.7 Å². The molecule has 0 atom stereocenters. The lowest BCUT2D eigenvalue weighted by Gasteiger charge is -2.38. The summed E-state index contributed by atoms with van der Waals surface area (Å²) in [4.78, 5) is 11.6. The Labute approximate surface area is 89.3 Å². The van der Waals surface area contributed by atoms with Gasteiger partial charge in [-0.25, -0.2) is 0 Å². The molecule has 1 saturated carbocycles. The zero-order chi connectivity index (χ0) is 11.2. The molecule has 1 fully saturated rings. The highest BCUT2D eigenvalue weighted by molar-refractivity contribution is 5.82. The highest BCUT2D eigenvalue weighted by atomic mass is 16.1. The molecule has 1 nitrogen and oxygen atoms in total. The highest BCUT2D eigenvalue weighted by Gasteiger charge is 2.39. The molecule has 0 aromatic heterocycles. The summed E-state index contributed by atoms with van der Waals surface area (Å²) in [6.07, 6.45) is 6.07. The van der Waals surface area contributed by atoms with Crippen molar-refractivity contribution in [1.82, 2.24) is 0 Å². The van der Waals surface area contributed by atoms with Crippen LogP contribution in [0.2, 0.25) is 0 Å². The maximum atomic E-state index is 11.6. The van der Waals surface area contributed by atoms with Crippen molar-refractivity contribution in [3.8, 4) is 0 Å². The van der Waals surface area contributed by atoms with E-state index in [4.69, 9.17) is 0 Å². The fourth-order valence-electron chi connectivity index (χ4n) is 2.52. The summed E-state index contributed by atoms with van der Waals surface area (Å²) in [6, 6.07) is 0. The Morgan fingerprint density at radius 1 is 1.07 bits per heavy atom. The normalized spacial score (nSPS) is 19.9. The largest absolute Gasteiger partial charge is 0.299 e. The van der Waals surface area contributed by atoms with E-state index in [1.165, 1.54) is 19.3 Å². The van der Waals surface area contributed by atoms with Crippen LogP contribution in [0, 0.1) is 11.3 Å². The van der Waals surface area contributed by atoms with Crippen LogP contribution in [0.4, 0.5) is 0 Å². The van der Waals surface area contributed by atoms with Crippen molar-refractivity contribution in [2.24, 2.45) is 11.3 Å². The van der Waals surface area contributed by atoms with Gasteiger partial charge in [-0.1, -0.05) is 47.0 Å². The second-order valence-corrected chi connectivity index (χ2v) is 4.43. The molecule has 0 bridgehead atoms. The first-order valence-corrected chi connectivity index (χ1v) is 6.10. The topological polar surface area (TPSA) is 17.1 Å². The molecular weight excluding hydrogens is 172 g/mol. The standard InChI is InChI=1S/C11H20O.C2H6/c1-9(2)11(10(3)12)7-5-4-6-8-11;1-2/h9H,4-8H2,1-3H3;1-2H3. The minimum atomic E-state index is 0.0399. The minimum Gasteiger partial charge on any atom is -0.299 e. The SMILES string of the molecule is CC.CC(=O)C1(C(C)C)CCCCC1. The van der Waals surface area contributed by atoms with Gasteiger partial charge in [0.25, 0.3) is 0 Å². The molecule has 0 radical (unpaired) electrons. The van der Waals surface area contributed by atoms with Crippen molar-refractivity contribution >= 4 is 5.78 Å². The quantitative estimate of drug-likeness (QED) is 0.649. The third-order valence-corrected chi connectivity index (χ3v) is 3.55. The zero-order valence-corrected chi connectivity index (χ0v) is 10.5. The Kier molecular flexibility index (Phi) is 6.06. The molecule has 0 aliphatic heterocycles. The lowest BCUT2D eigenvalue weighted by atomic mass is 9.65. The van der Waals surface area contributed by atoms with Gasteiger partial charge in [-0.2, -0.15) is 0 Å². The number of carbonyl (C=O) groups excluding carboxylic acids is 1. The van der Waals surface area contributed by atoms with E-state index in [9.17, 15) is 4.79 Å². The fourth-order valence-corrected chi connectivity index (χ4v) is 2.52. The number of ketones is 1. The van der Waals surface area contributed by atoms with E-state index in [0.29, 0.717) is 11.7 Å². The van der Waals surface area contributed by atoms with Gasteiger partial charge in [0, 0.05) is 5.41 Å². The van der Waals surface area contributed by atoms with Crippen LogP contribution in [0.3, 0.4) is 0 Å². The average molecular weight is 198 g/mol. The second-order valence-electron chi connectivity index (χ2n) is 4.43. The van der Waals surface area contributed by atoms with Crippen molar-refractivity contribution in [1.29, 1.82) is 0 Å². The molecule has 0 aromatic carbocycles. The molecule has 0 amide bonds. The minimum absolute atomic E-state index is 0.0399. The number of Topliss-reactive ketones (excluding diaryl/α,β-unsaturated/α-hetero) is 1. The smallest absolute Gasteiger partial charge is 0.136 e. The van der Waals surface area contributed by atoms with Crippen LogP contribution in [-0.4, -0.2) is 5.78 Å². The molecule has 0 heterocycles. The van der Waals surface area contributed by atoms with Gasteiger partial charge in [-0.3, -0.25) is 4.79 Å². The Hall–Kier alpha value is -0.330. The average Bonchev–Trinajstić information content (AvgIpc) is 2.21. The molecule has 0 spiro atoms. The predicted molar refractivity (Wildman–Crippen MR) is 62.4 cm³/mol. The van der Waals surface area contributed by atoms with Gasteiger partial charge < -0.3 is 0 Å². The molecular formula is C13H26O. The van der Waals surface area contributed by atoms with Crippen molar-refractivity contribution in [3.05, 3.63) is 0 Å². The first kappa shape index (κ1) is 13.7. The maximum Gasteiger partial charge on any atom is 0.136 e. The Morgan fingerprint density at radius 2 is 1.50 bits per heavy atom. The van der Waals surface area contributed by atoms with Crippen LogP contribution in [-0.2, 0) is 4.79 Å². The van der Waals surface area contributed by atoms with Gasteiger partial charge >= 0.3 is 0 Å². The molecule has 1 aliphatic rings. The van der Waals surface area contributed by atoms with E-state index < -0.39 is 0 Å². The first-order chi connectivity index (χ1) is 6.59. The van der Waals surface area contributed by atoms with Gasteiger partial charge in [0.1, 0.15) is 5.78 Å². The summed E-state index contributed by atoms with van der Waals surface area (Å²) in [5.41, 5.74) is 0.0399. The van der Waals surface area contributed by atoms with E-state index >= 15 is 0 Å². The van der Waals surface area contributed by atoms with E-state index in [1.807, 2.05) is 13.8 Å². The maximum absolute atomic E-state index is 11.6. The first-order valence-electron chi connectivity index (χ1n) is 6.10. The van der Waals surface area contributed by atoms with Gasteiger partial charge in [0.05, 0.1) is 0 Å². The van der Waals surface area contributed by atoms with Crippen molar-refractivity contribution < 1.29 is 4.79 Å². The molecule has 0 N–H and O–H groups in total. The summed E-state index contributed by atoms with van der Waals surface area (Å²) in [6.45, 7) is 10.1. The van der Waals surface area contributed by atoms with E-state index in [0.717, 1.165) is 12.8 Å². The van der Waals surface area contributed by atoms with Gasteiger partial charge in [0.15, 0.2) is 0 Å². The number of hydrogen-bond acceptors (Lipinski definition) is 1. The van der Waals surface area contributed by atoms with Crippen LogP contribution in [0.1, 0.15) is 66.7 Å². The molecule has 1 aliphatic carbocycles. The Bertz CT molecular complexity index is 164. The monoisotopic (exact) mass is 198 g/mol. The molecule has 1 heteroatoms. The summed E-state index contributed by atoms with van der Waals surface area (Å²) in [7, 11) is 0. The molecule has 0 saturated heterocycles. The lowest BCUT2D eigenvalue weighted by molar-refractivity contribution is -0.131. The molecule has 1 rings (SSSR count). The van der Waals surface area contributed by atoms with Gasteiger partial charge in [-0.15, -0.1) is 0 Å². The van der Waals surface area contributed by atoms with Crippen LogP contribution >= 0.6 is 0 Å². The van der Waals surface area contributed by atoms with Crippen molar-refractivity contribution in [3.63, 3.8) is 0 Å². The van der Waals surface area contributed by atoms with Gasteiger partial charge in [0.2, 0.25) is 0 Å². The lowest BCUT2D eigenvalue weighted by Crippen LogP contribution is -2.36. The molecule has 0 unspecified atom stereocenters. The van der Waals surface area contributed by atoms with E-state index in [2.05, 4.69) is 13.8 Å². The predicted octanol–water partition coefficient (Wildman–Crippen LogP) is 4.21. The molecule has 84 valence electrons.